The number of hydrogen-bond acceptors (Lipinski definition) is 5. The van der Waals surface area contributed by atoms with Gasteiger partial charge in [-0.25, -0.2) is 0 Å². The predicted octanol–water partition coefficient (Wildman–Crippen LogP) is 3.67. The molecule has 1 unspecified atom stereocenters. The topological polar surface area (TPSA) is 72.5 Å². The van der Waals surface area contributed by atoms with Crippen LogP contribution in [0.15, 0.2) is 23.1 Å². The lowest BCUT2D eigenvalue weighted by molar-refractivity contribution is -0.150. The van der Waals surface area contributed by atoms with Crippen LogP contribution in [-0.4, -0.2) is 29.5 Å². The molecule has 1 aliphatic rings. The first kappa shape index (κ1) is 20.3. The van der Waals surface area contributed by atoms with Gasteiger partial charge in [-0.15, -0.1) is 11.8 Å². The summed E-state index contributed by atoms with van der Waals surface area (Å²) in [5.74, 6) is -1.55. The summed E-state index contributed by atoms with van der Waals surface area (Å²) in [5.41, 5.74) is -1.45. The molecule has 0 fully saturated rings. The highest BCUT2D eigenvalue weighted by atomic mass is 32.2. The van der Waals surface area contributed by atoms with Crippen molar-refractivity contribution in [3.63, 3.8) is 0 Å². The fourth-order valence-electron chi connectivity index (χ4n) is 2.03. The van der Waals surface area contributed by atoms with E-state index in [1.165, 1.54) is 6.07 Å². The average Bonchev–Trinajstić information content (AvgIpc) is 2.51. The standard InChI is InChI=1S/C17H18F3NO4S/c1-16(2,3)13(22)8-25-14(23)7-12-15(24)21-10-6-9(17(18,19)20)4-5-11(10)26-12/h4-6,12H,7-8H2,1-3H3,(H,21,24). The number of Topliss-reactive ketones (excluding diaryl/α,β-unsaturated/α-hetero) is 1. The monoisotopic (exact) mass is 389 g/mol. The largest absolute Gasteiger partial charge is 0.458 e. The molecule has 5 nitrogen and oxygen atoms in total. The first-order valence-electron chi connectivity index (χ1n) is 7.75. The lowest BCUT2D eigenvalue weighted by Crippen LogP contribution is -2.33. The van der Waals surface area contributed by atoms with Crippen LogP contribution < -0.4 is 5.32 Å². The van der Waals surface area contributed by atoms with Crippen LogP contribution in [0.1, 0.15) is 32.8 Å². The lowest BCUT2D eigenvalue weighted by Gasteiger charge is -2.24. The molecule has 1 N–H and O–H groups in total. The number of thioether (sulfide) groups is 1. The SMILES string of the molecule is CC(C)(C)C(=O)COC(=O)CC1Sc2ccc(C(F)(F)F)cc2NC1=O. The minimum absolute atomic E-state index is 0.0577. The van der Waals surface area contributed by atoms with Crippen LogP contribution in [0.5, 0.6) is 0 Å². The second kappa shape index (κ2) is 7.30. The van der Waals surface area contributed by atoms with Crippen molar-refractivity contribution in [3.8, 4) is 0 Å². The Labute approximate surface area is 152 Å². The summed E-state index contributed by atoms with van der Waals surface area (Å²) in [7, 11) is 0. The number of benzene rings is 1. The third kappa shape index (κ3) is 5.00. The molecule has 0 aromatic heterocycles. The molecule has 2 rings (SSSR count). The van der Waals surface area contributed by atoms with E-state index in [1.807, 2.05) is 0 Å². The lowest BCUT2D eigenvalue weighted by atomic mass is 9.91. The van der Waals surface area contributed by atoms with Gasteiger partial charge in [0.2, 0.25) is 5.91 Å². The number of amides is 1. The number of ether oxygens (including phenoxy) is 1. The molecule has 1 atom stereocenters. The predicted molar refractivity (Wildman–Crippen MR) is 89.8 cm³/mol. The van der Waals surface area contributed by atoms with Crippen molar-refractivity contribution < 1.29 is 32.3 Å². The maximum absolute atomic E-state index is 12.7. The number of nitrogens with one attached hydrogen (secondary N) is 1. The number of carbonyl (C=O) groups is 3. The second-order valence-corrected chi connectivity index (χ2v) is 8.09. The van der Waals surface area contributed by atoms with E-state index in [2.05, 4.69) is 5.32 Å². The van der Waals surface area contributed by atoms with E-state index in [4.69, 9.17) is 4.74 Å². The van der Waals surface area contributed by atoms with Crippen LogP contribution in [0.25, 0.3) is 0 Å². The summed E-state index contributed by atoms with van der Waals surface area (Å²) in [6, 6.07) is 3.03. The summed E-state index contributed by atoms with van der Waals surface area (Å²) in [6.45, 7) is 4.70. The van der Waals surface area contributed by atoms with E-state index in [9.17, 15) is 27.6 Å². The number of fused-ring (bicyclic) bond motifs is 1. The Morgan fingerprint density at radius 3 is 2.46 bits per heavy atom. The fraction of sp³-hybridized carbons (Fsp3) is 0.471. The molecule has 0 spiro atoms. The van der Waals surface area contributed by atoms with Crippen LogP contribution in [0.4, 0.5) is 18.9 Å². The average molecular weight is 389 g/mol. The molecule has 1 aromatic rings. The molecule has 1 aliphatic heterocycles. The van der Waals surface area contributed by atoms with Crippen molar-refractivity contribution in [2.75, 3.05) is 11.9 Å². The molecule has 0 bridgehead atoms. The summed E-state index contributed by atoms with van der Waals surface area (Å²) in [4.78, 5) is 36.1. The zero-order chi connectivity index (χ0) is 19.7. The Balaban J connectivity index is 2.00. The van der Waals surface area contributed by atoms with Crippen molar-refractivity contribution in [3.05, 3.63) is 23.8 Å². The van der Waals surface area contributed by atoms with Gasteiger partial charge >= 0.3 is 12.1 Å². The van der Waals surface area contributed by atoms with Crippen LogP contribution in [-0.2, 0) is 25.3 Å². The van der Waals surface area contributed by atoms with Gasteiger partial charge < -0.3 is 10.1 Å². The minimum atomic E-state index is -4.51. The van der Waals surface area contributed by atoms with Gasteiger partial charge in [0, 0.05) is 10.3 Å². The Morgan fingerprint density at radius 1 is 1.23 bits per heavy atom. The second-order valence-electron chi connectivity index (χ2n) is 6.84. The smallest absolute Gasteiger partial charge is 0.416 e. The first-order chi connectivity index (χ1) is 11.9. The van der Waals surface area contributed by atoms with Gasteiger partial charge in [-0.05, 0) is 18.2 Å². The van der Waals surface area contributed by atoms with Crippen LogP contribution >= 0.6 is 11.8 Å². The zero-order valence-corrected chi connectivity index (χ0v) is 15.2. The van der Waals surface area contributed by atoms with Gasteiger partial charge in [-0.1, -0.05) is 20.8 Å². The number of halogens is 3. The van der Waals surface area contributed by atoms with E-state index < -0.39 is 34.3 Å². The van der Waals surface area contributed by atoms with E-state index in [1.54, 1.807) is 20.8 Å². The number of carbonyl (C=O) groups excluding carboxylic acids is 3. The quantitative estimate of drug-likeness (QED) is 0.796. The molecule has 0 saturated carbocycles. The normalized spacial score (nSPS) is 17.3. The number of rotatable bonds is 4. The fourth-order valence-corrected chi connectivity index (χ4v) is 3.11. The van der Waals surface area contributed by atoms with Crippen molar-refractivity contribution in [1.29, 1.82) is 0 Å². The van der Waals surface area contributed by atoms with Gasteiger partial charge in [0.1, 0.15) is 0 Å². The highest BCUT2D eigenvalue weighted by Crippen LogP contribution is 2.40. The molecule has 0 radical (unpaired) electrons. The molecule has 26 heavy (non-hydrogen) atoms. The highest BCUT2D eigenvalue weighted by Gasteiger charge is 2.34. The van der Waals surface area contributed by atoms with E-state index >= 15 is 0 Å². The summed E-state index contributed by atoms with van der Waals surface area (Å²) >= 11 is 0.987. The van der Waals surface area contributed by atoms with Gasteiger partial charge in [0.25, 0.3) is 0 Å². The van der Waals surface area contributed by atoms with Gasteiger partial charge in [-0.3, -0.25) is 14.4 Å². The van der Waals surface area contributed by atoms with Crippen molar-refractivity contribution in [2.24, 2.45) is 5.41 Å². The molecular formula is C17H18F3NO4S. The molecule has 1 aromatic carbocycles. The number of hydrogen-bond donors (Lipinski definition) is 1. The number of anilines is 1. The number of alkyl halides is 3. The first-order valence-corrected chi connectivity index (χ1v) is 8.63. The molecular weight excluding hydrogens is 371 g/mol. The summed E-state index contributed by atoms with van der Waals surface area (Å²) < 4.78 is 43.1. The number of ketones is 1. The van der Waals surface area contributed by atoms with Crippen LogP contribution in [0.2, 0.25) is 0 Å². The third-order valence-electron chi connectivity index (χ3n) is 3.68. The molecule has 0 saturated heterocycles. The highest BCUT2D eigenvalue weighted by molar-refractivity contribution is 8.01. The third-order valence-corrected chi connectivity index (χ3v) is 4.95. The maximum Gasteiger partial charge on any atom is 0.416 e. The molecule has 9 heteroatoms. The maximum atomic E-state index is 12.7. The van der Waals surface area contributed by atoms with Gasteiger partial charge in [0.05, 0.1) is 22.9 Å². The van der Waals surface area contributed by atoms with Gasteiger partial charge in [0.15, 0.2) is 12.4 Å². The Morgan fingerprint density at radius 2 is 1.88 bits per heavy atom. The summed E-state index contributed by atoms with van der Waals surface area (Å²) in [6.07, 6.45) is -4.79. The van der Waals surface area contributed by atoms with Crippen molar-refractivity contribution >= 4 is 35.1 Å². The van der Waals surface area contributed by atoms with E-state index in [0.29, 0.717) is 4.90 Å². The Kier molecular flexibility index (Phi) is 5.70. The van der Waals surface area contributed by atoms with Crippen LogP contribution in [0.3, 0.4) is 0 Å². The Bertz CT molecular complexity index is 741. The van der Waals surface area contributed by atoms with Crippen molar-refractivity contribution in [1.82, 2.24) is 0 Å². The summed E-state index contributed by atoms with van der Waals surface area (Å²) in [5, 5.41) is 1.55. The number of esters is 1. The van der Waals surface area contributed by atoms with Crippen LogP contribution in [0, 0.1) is 5.41 Å². The minimum Gasteiger partial charge on any atom is -0.458 e. The molecule has 1 heterocycles. The molecule has 142 valence electrons. The molecule has 0 aliphatic carbocycles. The van der Waals surface area contributed by atoms with Crippen molar-refractivity contribution in [2.45, 2.75) is 43.5 Å². The Hall–Kier alpha value is -2.03. The van der Waals surface area contributed by atoms with Gasteiger partial charge in [-0.2, -0.15) is 13.2 Å². The molecule has 1 amide bonds. The van der Waals surface area contributed by atoms with E-state index in [-0.39, 0.29) is 24.5 Å². The van der Waals surface area contributed by atoms with E-state index in [0.717, 1.165) is 23.9 Å². The zero-order valence-electron chi connectivity index (χ0n) is 14.4.